The molecule has 1 saturated heterocycles. The Hall–Kier alpha value is -2.30. The SMILES string of the molecule is Cn1cc(C2CCN(C(=O)c3cccc(N)c3)C2)cn1. The molecule has 20 heavy (non-hydrogen) atoms. The zero-order valence-electron chi connectivity index (χ0n) is 11.5. The molecule has 1 aliphatic heterocycles. The summed E-state index contributed by atoms with van der Waals surface area (Å²) in [6.07, 6.45) is 4.90. The number of amides is 1. The van der Waals surface area contributed by atoms with Crippen LogP contribution in [0.5, 0.6) is 0 Å². The molecular weight excluding hydrogens is 252 g/mol. The second kappa shape index (κ2) is 5.00. The van der Waals surface area contributed by atoms with Gasteiger partial charge in [0.2, 0.25) is 0 Å². The number of nitrogens with zero attached hydrogens (tertiary/aromatic N) is 3. The van der Waals surface area contributed by atoms with Crippen molar-refractivity contribution in [1.82, 2.24) is 14.7 Å². The molecule has 2 heterocycles. The Morgan fingerprint density at radius 3 is 3.00 bits per heavy atom. The first-order valence-corrected chi connectivity index (χ1v) is 6.77. The minimum absolute atomic E-state index is 0.0590. The van der Waals surface area contributed by atoms with Crippen molar-refractivity contribution in [3.05, 3.63) is 47.8 Å². The smallest absolute Gasteiger partial charge is 0.253 e. The third-order valence-corrected chi connectivity index (χ3v) is 3.81. The molecule has 0 saturated carbocycles. The first-order chi connectivity index (χ1) is 9.63. The summed E-state index contributed by atoms with van der Waals surface area (Å²) in [7, 11) is 1.91. The number of benzene rings is 1. The number of rotatable bonds is 2. The zero-order chi connectivity index (χ0) is 14.1. The average Bonchev–Trinajstić information content (AvgIpc) is 3.06. The van der Waals surface area contributed by atoms with Crippen LogP contribution in [0.3, 0.4) is 0 Å². The van der Waals surface area contributed by atoms with E-state index in [4.69, 9.17) is 5.73 Å². The Bertz CT molecular complexity index is 634. The number of aryl methyl sites for hydroxylation is 1. The highest BCUT2D eigenvalue weighted by atomic mass is 16.2. The van der Waals surface area contributed by atoms with Crippen LogP contribution in [0.25, 0.3) is 0 Å². The van der Waals surface area contributed by atoms with Gasteiger partial charge in [0.1, 0.15) is 0 Å². The summed E-state index contributed by atoms with van der Waals surface area (Å²) >= 11 is 0. The summed E-state index contributed by atoms with van der Waals surface area (Å²) in [6.45, 7) is 1.53. The van der Waals surface area contributed by atoms with Gasteiger partial charge in [0, 0.05) is 43.5 Å². The lowest BCUT2D eigenvalue weighted by Crippen LogP contribution is -2.28. The van der Waals surface area contributed by atoms with Gasteiger partial charge in [-0.25, -0.2) is 0 Å². The van der Waals surface area contributed by atoms with Crippen molar-refractivity contribution >= 4 is 11.6 Å². The third kappa shape index (κ3) is 2.39. The number of aromatic nitrogens is 2. The first kappa shape index (κ1) is 12.7. The van der Waals surface area contributed by atoms with Gasteiger partial charge >= 0.3 is 0 Å². The molecule has 5 heteroatoms. The maximum Gasteiger partial charge on any atom is 0.253 e. The molecule has 1 atom stereocenters. The maximum absolute atomic E-state index is 12.4. The van der Waals surface area contributed by atoms with Gasteiger partial charge in [-0.2, -0.15) is 5.10 Å². The van der Waals surface area contributed by atoms with Crippen LogP contribution in [0.1, 0.15) is 28.3 Å². The van der Waals surface area contributed by atoms with Gasteiger partial charge in [-0.3, -0.25) is 9.48 Å². The van der Waals surface area contributed by atoms with Crippen molar-refractivity contribution in [2.75, 3.05) is 18.8 Å². The van der Waals surface area contributed by atoms with E-state index in [1.165, 1.54) is 5.56 Å². The molecule has 0 spiro atoms. The summed E-state index contributed by atoms with van der Waals surface area (Å²) in [4.78, 5) is 14.3. The molecule has 1 aromatic carbocycles. The Balaban J connectivity index is 1.72. The largest absolute Gasteiger partial charge is 0.399 e. The van der Waals surface area contributed by atoms with Gasteiger partial charge in [0.15, 0.2) is 0 Å². The minimum Gasteiger partial charge on any atom is -0.399 e. The Labute approximate surface area is 118 Å². The number of nitrogen functional groups attached to an aromatic ring is 1. The van der Waals surface area contributed by atoms with E-state index in [1.807, 2.05) is 36.5 Å². The molecule has 0 aliphatic carbocycles. The molecule has 2 N–H and O–H groups in total. The number of hydrogen-bond donors (Lipinski definition) is 1. The van der Waals surface area contributed by atoms with E-state index < -0.39 is 0 Å². The number of carbonyl (C=O) groups excluding carboxylic acids is 1. The fourth-order valence-electron chi connectivity index (χ4n) is 2.72. The quantitative estimate of drug-likeness (QED) is 0.844. The maximum atomic E-state index is 12.4. The van der Waals surface area contributed by atoms with Gasteiger partial charge in [-0.15, -0.1) is 0 Å². The Morgan fingerprint density at radius 1 is 1.45 bits per heavy atom. The van der Waals surface area contributed by atoms with E-state index in [1.54, 1.807) is 16.8 Å². The minimum atomic E-state index is 0.0590. The topological polar surface area (TPSA) is 64.2 Å². The van der Waals surface area contributed by atoms with Crippen LogP contribution >= 0.6 is 0 Å². The van der Waals surface area contributed by atoms with E-state index in [9.17, 15) is 4.79 Å². The summed E-state index contributed by atoms with van der Waals surface area (Å²) in [5.41, 5.74) is 8.23. The predicted octanol–water partition coefficient (Wildman–Crippen LogP) is 1.63. The van der Waals surface area contributed by atoms with Crippen LogP contribution in [0.15, 0.2) is 36.7 Å². The van der Waals surface area contributed by atoms with E-state index in [2.05, 4.69) is 5.10 Å². The lowest BCUT2D eigenvalue weighted by Gasteiger charge is -2.16. The summed E-state index contributed by atoms with van der Waals surface area (Å²) in [5.74, 6) is 0.442. The molecule has 2 aromatic rings. The van der Waals surface area contributed by atoms with E-state index in [0.717, 1.165) is 19.5 Å². The molecule has 0 bridgehead atoms. The predicted molar refractivity (Wildman–Crippen MR) is 77.3 cm³/mol. The fraction of sp³-hybridized carbons (Fsp3) is 0.333. The average molecular weight is 270 g/mol. The van der Waals surface area contributed by atoms with Crippen molar-refractivity contribution in [3.8, 4) is 0 Å². The molecule has 3 rings (SSSR count). The van der Waals surface area contributed by atoms with Gasteiger partial charge in [-0.1, -0.05) is 6.07 Å². The summed E-state index contributed by atoms with van der Waals surface area (Å²) < 4.78 is 1.80. The summed E-state index contributed by atoms with van der Waals surface area (Å²) in [6, 6.07) is 7.16. The fourth-order valence-corrected chi connectivity index (χ4v) is 2.72. The van der Waals surface area contributed by atoms with Gasteiger partial charge in [-0.05, 0) is 30.2 Å². The lowest BCUT2D eigenvalue weighted by molar-refractivity contribution is 0.0791. The van der Waals surface area contributed by atoms with Crippen molar-refractivity contribution in [1.29, 1.82) is 0 Å². The highest BCUT2D eigenvalue weighted by molar-refractivity contribution is 5.95. The molecule has 1 aromatic heterocycles. The molecule has 104 valence electrons. The molecule has 1 unspecified atom stereocenters. The van der Waals surface area contributed by atoms with E-state index >= 15 is 0 Å². The van der Waals surface area contributed by atoms with Crippen molar-refractivity contribution in [2.24, 2.45) is 7.05 Å². The van der Waals surface area contributed by atoms with Crippen LogP contribution in [0.2, 0.25) is 0 Å². The number of carbonyl (C=O) groups is 1. The highest BCUT2D eigenvalue weighted by Gasteiger charge is 2.28. The third-order valence-electron chi connectivity index (χ3n) is 3.81. The molecule has 0 radical (unpaired) electrons. The second-order valence-corrected chi connectivity index (χ2v) is 5.31. The Kier molecular flexibility index (Phi) is 3.18. The monoisotopic (exact) mass is 270 g/mol. The van der Waals surface area contributed by atoms with E-state index in [0.29, 0.717) is 17.2 Å². The van der Waals surface area contributed by atoms with E-state index in [-0.39, 0.29) is 5.91 Å². The molecular formula is C15H18N4O. The van der Waals surface area contributed by atoms with Gasteiger partial charge in [0.05, 0.1) is 6.20 Å². The van der Waals surface area contributed by atoms with Crippen LogP contribution in [0, 0.1) is 0 Å². The summed E-state index contributed by atoms with van der Waals surface area (Å²) in [5, 5.41) is 4.20. The zero-order valence-corrected chi connectivity index (χ0v) is 11.5. The van der Waals surface area contributed by atoms with Crippen LogP contribution in [-0.4, -0.2) is 33.7 Å². The second-order valence-electron chi connectivity index (χ2n) is 5.31. The number of nitrogens with two attached hydrogens (primary N) is 1. The normalized spacial score (nSPS) is 18.4. The van der Waals surface area contributed by atoms with Crippen LogP contribution in [-0.2, 0) is 7.05 Å². The Morgan fingerprint density at radius 2 is 2.30 bits per heavy atom. The van der Waals surface area contributed by atoms with Crippen LogP contribution < -0.4 is 5.73 Å². The number of likely N-dealkylation sites (tertiary alicyclic amines) is 1. The standard InChI is InChI=1S/C15H18N4O/c1-18-9-13(8-17-18)12-5-6-19(10-12)15(20)11-3-2-4-14(16)7-11/h2-4,7-9,12H,5-6,10,16H2,1H3. The van der Waals surface area contributed by atoms with Crippen molar-refractivity contribution < 1.29 is 4.79 Å². The van der Waals surface area contributed by atoms with Gasteiger partial charge < -0.3 is 10.6 Å². The number of anilines is 1. The first-order valence-electron chi connectivity index (χ1n) is 6.77. The number of hydrogen-bond acceptors (Lipinski definition) is 3. The highest BCUT2D eigenvalue weighted by Crippen LogP contribution is 2.27. The van der Waals surface area contributed by atoms with Crippen molar-refractivity contribution in [3.63, 3.8) is 0 Å². The van der Waals surface area contributed by atoms with Crippen LogP contribution in [0.4, 0.5) is 5.69 Å². The lowest BCUT2D eigenvalue weighted by atomic mass is 10.0. The van der Waals surface area contributed by atoms with Gasteiger partial charge in [0.25, 0.3) is 5.91 Å². The molecule has 1 amide bonds. The van der Waals surface area contributed by atoms with Crippen molar-refractivity contribution in [2.45, 2.75) is 12.3 Å². The molecule has 1 aliphatic rings. The molecule has 1 fully saturated rings. The molecule has 5 nitrogen and oxygen atoms in total.